The van der Waals surface area contributed by atoms with Gasteiger partial charge in [-0.15, -0.1) is 0 Å². The maximum absolute atomic E-state index is 11.2. The molecule has 3 N–H and O–H groups in total. The zero-order valence-corrected chi connectivity index (χ0v) is 7.28. The Balaban J connectivity index is 3.20. The van der Waals surface area contributed by atoms with Gasteiger partial charge in [0.05, 0.1) is 19.3 Å². The van der Waals surface area contributed by atoms with Gasteiger partial charge in [0.15, 0.2) is 0 Å². The molecule has 0 bridgehead atoms. The number of aliphatic hydroxyl groups is 1. The van der Waals surface area contributed by atoms with Crippen LogP contribution in [0.25, 0.3) is 0 Å². The minimum Gasteiger partial charge on any atom is -0.465 e. The van der Waals surface area contributed by atoms with Gasteiger partial charge in [0.25, 0.3) is 0 Å². The number of carbonyl (C=O) groups is 1. The minimum absolute atomic E-state index is 0.267. The highest BCUT2D eigenvalue weighted by molar-refractivity contribution is 5.92. The number of hydrogen-bond donors (Lipinski definition) is 2. The molecule has 0 aliphatic heterocycles. The van der Waals surface area contributed by atoms with E-state index in [2.05, 4.69) is 4.74 Å². The number of hydrogen-bond acceptors (Lipinski definition) is 4. The molecule has 13 heavy (non-hydrogen) atoms. The fraction of sp³-hybridized carbons (Fsp3) is 0.222. The number of ether oxygens (including phenoxy) is 1. The average molecular weight is 181 g/mol. The first-order valence-corrected chi connectivity index (χ1v) is 3.77. The Bertz CT molecular complexity index is 323. The van der Waals surface area contributed by atoms with E-state index in [1.807, 2.05) is 0 Å². The van der Waals surface area contributed by atoms with Gasteiger partial charge in [0, 0.05) is 11.3 Å². The molecule has 0 amide bonds. The molecule has 0 fully saturated rings. The van der Waals surface area contributed by atoms with Crippen LogP contribution in [0.1, 0.15) is 15.9 Å². The molecule has 70 valence electrons. The second-order valence-corrected chi connectivity index (χ2v) is 2.52. The highest BCUT2D eigenvalue weighted by Gasteiger charge is 2.12. The molecular formula is C9H11NO3. The quantitative estimate of drug-likeness (QED) is 0.516. The first kappa shape index (κ1) is 9.54. The van der Waals surface area contributed by atoms with Crippen LogP contribution in [0.3, 0.4) is 0 Å². The molecule has 0 aromatic heterocycles. The van der Waals surface area contributed by atoms with Crippen molar-refractivity contribution in [3.05, 3.63) is 29.3 Å². The number of aliphatic hydroxyl groups excluding tert-OH is 1. The molecular weight excluding hydrogens is 170 g/mol. The summed E-state index contributed by atoms with van der Waals surface area (Å²) in [6, 6.07) is 4.83. The Morgan fingerprint density at radius 1 is 1.62 bits per heavy atom. The predicted octanol–water partition coefficient (Wildman–Crippen LogP) is 0.548. The number of nitrogen functional groups attached to an aromatic ring is 1. The van der Waals surface area contributed by atoms with E-state index >= 15 is 0 Å². The van der Waals surface area contributed by atoms with Gasteiger partial charge >= 0.3 is 5.97 Å². The number of esters is 1. The lowest BCUT2D eigenvalue weighted by atomic mass is 10.1. The van der Waals surface area contributed by atoms with E-state index in [0.29, 0.717) is 16.8 Å². The largest absolute Gasteiger partial charge is 0.465 e. The molecule has 1 rings (SSSR count). The molecule has 0 aliphatic carbocycles. The Labute approximate surface area is 75.9 Å². The molecule has 0 heterocycles. The Kier molecular flexibility index (Phi) is 2.87. The minimum atomic E-state index is -0.489. The van der Waals surface area contributed by atoms with Gasteiger partial charge in [-0.2, -0.15) is 0 Å². The molecule has 1 aromatic carbocycles. The van der Waals surface area contributed by atoms with Crippen molar-refractivity contribution < 1.29 is 14.6 Å². The van der Waals surface area contributed by atoms with Gasteiger partial charge in [-0.3, -0.25) is 0 Å². The molecule has 0 spiro atoms. The number of carbonyl (C=O) groups excluding carboxylic acids is 1. The van der Waals surface area contributed by atoms with E-state index in [4.69, 9.17) is 10.8 Å². The molecule has 4 nitrogen and oxygen atoms in total. The highest BCUT2D eigenvalue weighted by Crippen LogP contribution is 2.17. The monoisotopic (exact) mass is 181 g/mol. The molecule has 0 unspecified atom stereocenters. The third-order valence-corrected chi connectivity index (χ3v) is 1.78. The highest BCUT2D eigenvalue weighted by atomic mass is 16.5. The standard InChI is InChI=1S/C9H11NO3/c1-13-9(12)6-3-2-4-8(10)7(6)5-11/h2-4,11H,5,10H2,1H3. The lowest BCUT2D eigenvalue weighted by Crippen LogP contribution is -2.08. The number of anilines is 1. The summed E-state index contributed by atoms with van der Waals surface area (Å²) in [5.41, 5.74) is 6.67. The normalized spacial score (nSPS) is 9.69. The third-order valence-electron chi connectivity index (χ3n) is 1.78. The zero-order chi connectivity index (χ0) is 9.84. The van der Waals surface area contributed by atoms with Crippen molar-refractivity contribution in [3.63, 3.8) is 0 Å². The summed E-state index contributed by atoms with van der Waals surface area (Å²) in [7, 11) is 1.28. The van der Waals surface area contributed by atoms with Gasteiger partial charge in [-0.05, 0) is 12.1 Å². The molecule has 0 aliphatic rings. The maximum Gasteiger partial charge on any atom is 0.338 e. The smallest absolute Gasteiger partial charge is 0.338 e. The first-order chi connectivity index (χ1) is 6.20. The van der Waals surface area contributed by atoms with Crippen LogP contribution in [-0.4, -0.2) is 18.2 Å². The second-order valence-electron chi connectivity index (χ2n) is 2.52. The van der Waals surface area contributed by atoms with E-state index in [1.54, 1.807) is 18.2 Å². The van der Waals surface area contributed by atoms with E-state index in [0.717, 1.165) is 0 Å². The van der Waals surface area contributed by atoms with E-state index in [-0.39, 0.29) is 6.61 Å². The summed E-state index contributed by atoms with van der Waals surface area (Å²) < 4.78 is 4.53. The van der Waals surface area contributed by atoms with Crippen LogP contribution >= 0.6 is 0 Å². The summed E-state index contributed by atoms with van der Waals surface area (Å²) in [6.45, 7) is -0.267. The van der Waals surface area contributed by atoms with Crippen molar-refractivity contribution in [2.45, 2.75) is 6.61 Å². The number of benzene rings is 1. The van der Waals surface area contributed by atoms with E-state index in [1.165, 1.54) is 7.11 Å². The fourth-order valence-electron chi connectivity index (χ4n) is 1.08. The summed E-state index contributed by atoms with van der Waals surface area (Å²) >= 11 is 0. The lowest BCUT2D eigenvalue weighted by molar-refractivity contribution is 0.0597. The van der Waals surface area contributed by atoms with Gasteiger partial charge in [-0.25, -0.2) is 4.79 Å². The fourth-order valence-corrected chi connectivity index (χ4v) is 1.08. The van der Waals surface area contributed by atoms with Crippen molar-refractivity contribution in [2.75, 3.05) is 12.8 Å². The van der Waals surface area contributed by atoms with Crippen LogP contribution < -0.4 is 5.73 Å². The van der Waals surface area contributed by atoms with Crippen LogP contribution in [0.15, 0.2) is 18.2 Å². The summed E-state index contributed by atoms with van der Waals surface area (Å²) in [6.07, 6.45) is 0. The van der Waals surface area contributed by atoms with Crippen LogP contribution in [0.5, 0.6) is 0 Å². The van der Waals surface area contributed by atoms with Gasteiger partial charge in [0.2, 0.25) is 0 Å². The predicted molar refractivity (Wildman–Crippen MR) is 48.1 cm³/mol. The van der Waals surface area contributed by atoms with Crippen molar-refractivity contribution in [1.29, 1.82) is 0 Å². The van der Waals surface area contributed by atoms with Crippen LogP contribution in [0.2, 0.25) is 0 Å². The van der Waals surface area contributed by atoms with E-state index < -0.39 is 5.97 Å². The van der Waals surface area contributed by atoms with E-state index in [9.17, 15) is 4.79 Å². The summed E-state index contributed by atoms with van der Waals surface area (Å²) in [4.78, 5) is 11.2. The molecule has 0 saturated carbocycles. The lowest BCUT2D eigenvalue weighted by Gasteiger charge is -2.07. The average Bonchev–Trinajstić information content (AvgIpc) is 2.16. The first-order valence-electron chi connectivity index (χ1n) is 3.77. The van der Waals surface area contributed by atoms with Crippen molar-refractivity contribution in [2.24, 2.45) is 0 Å². The van der Waals surface area contributed by atoms with Crippen LogP contribution in [0.4, 0.5) is 5.69 Å². The maximum atomic E-state index is 11.2. The topological polar surface area (TPSA) is 72.5 Å². The molecule has 1 aromatic rings. The van der Waals surface area contributed by atoms with Crippen molar-refractivity contribution >= 4 is 11.7 Å². The zero-order valence-electron chi connectivity index (χ0n) is 7.28. The molecule has 0 radical (unpaired) electrons. The van der Waals surface area contributed by atoms with Gasteiger partial charge in [0.1, 0.15) is 0 Å². The summed E-state index contributed by atoms with van der Waals surface area (Å²) in [5, 5.41) is 8.96. The molecule has 0 atom stereocenters. The SMILES string of the molecule is COC(=O)c1cccc(N)c1CO. The number of rotatable bonds is 2. The molecule has 4 heteroatoms. The van der Waals surface area contributed by atoms with Crippen molar-refractivity contribution in [1.82, 2.24) is 0 Å². The Morgan fingerprint density at radius 3 is 2.85 bits per heavy atom. The van der Waals surface area contributed by atoms with Gasteiger partial charge in [-0.1, -0.05) is 6.07 Å². The molecule has 0 saturated heterocycles. The number of methoxy groups -OCH3 is 1. The summed E-state index contributed by atoms with van der Waals surface area (Å²) in [5.74, 6) is -0.489. The Morgan fingerprint density at radius 2 is 2.31 bits per heavy atom. The van der Waals surface area contributed by atoms with Crippen LogP contribution in [0, 0.1) is 0 Å². The number of nitrogens with two attached hydrogens (primary N) is 1. The van der Waals surface area contributed by atoms with Crippen LogP contribution in [-0.2, 0) is 11.3 Å². The Hall–Kier alpha value is -1.55. The van der Waals surface area contributed by atoms with Crippen molar-refractivity contribution in [3.8, 4) is 0 Å². The van der Waals surface area contributed by atoms with Gasteiger partial charge < -0.3 is 15.6 Å². The third kappa shape index (κ3) is 1.78. The second kappa shape index (κ2) is 3.91.